The first-order valence-electron chi connectivity index (χ1n) is 5.67. The monoisotopic (exact) mass is 208 g/mol. The Morgan fingerprint density at radius 1 is 1.13 bits per heavy atom. The lowest BCUT2D eigenvalue weighted by atomic mass is 9.89. The fourth-order valence-corrected chi connectivity index (χ4v) is 1.84. The van der Waals surface area contributed by atoms with Gasteiger partial charge < -0.3 is 4.90 Å². The molecular weight excluding hydrogens is 184 g/mol. The zero-order valence-electron chi connectivity index (χ0n) is 11.0. The van der Waals surface area contributed by atoms with Crippen LogP contribution in [-0.4, -0.2) is 22.8 Å². The Labute approximate surface area is 94.1 Å². The van der Waals surface area contributed by atoms with Gasteiger partial charge in [0.1, 0.15) is 5.84 Å². The van der Waals surface area contributed by atoms with Crippen LogP contribution in [0.2, 0.25) is 0 Å². The number of hydrogen-bond acceptors (Lipinski definition) is 2. The maximum Gasteiger partial charge on any atom is 0.110 e. The van der Waals surface area contributed by atoms with Gasteiger partial charge in [-0.25, -0.2) is 4.99 Å². The summed E-state index contributed by atoms with van der Waals surface area (Å²) in [6, 6.07) is 0. The second-order valence-corrected chi connectivity index (χ2v) is 6.32. The van der Waals surface area contributed by atoms with Crippen molar-refractivity contribution < 1.29 is 0 Å². The van der Waals surface area contributed by atoms with Crippen LogP contribution in [-0.2, 0) is 0 Å². The van der Waals surface area contributed by atoms with Gasteiger partial charge in [-0.2, -0.15) is 0 Å². The highest BCUT2D eigenvalue weighted by Crippen LogP contribution is 2.29. The molecule has 1 heterocycles. The highest BCUT2D eigenvalue weighted by atomic mass is 15.3. The van der Waals surface area contributed by atoms with Crippen LogP contribution in [0.15, 0.2) is 17.3 Å². The van der Waals surface area contributed by atoms with Crippen LogP contribution in [0.1, 0.15) is 48.0 Å². The summed E-state index contributed by atoms with van der Waals surface area (Å²) in [7, 11) is 0. The van der Waals surface area contributed by atoms with Crippen LogP contribution in [0.3, 0.4) is 0 Å². The Morgan fingerprint density at radius 3 is 2.07 bits per heavy atom. The van der Waals surface area contributed by atoms with Crippen molar-refractivity contribution in [2.45, 2.75) is 53.5 Å². The summed E-state index contributed by atoms with van der Waals surface area (Å²) in [5.41, 5.74) is 1.25. The molecule has 0 N–H and O–H groups in total. The zero-order valence-corrected chi connectivity index (χ0v) is 11.0. The van der Waals surface area contributed by atoms with Crippen LogP contribution in [0, 0.1) is 5.41 Å². The first kappa shape index (κ1) is 12.3. The number of nitrogens with zero attached hydrogens (tertiary/aromatic N) is 2. The van der Waals surface area contributed by atoms with E-state index >= 15 is 0 Å². The van der Waals surface area contributed by atoms with E-state index in [4.69, 9.17) is 0 Å². The number of rotatable bonds is 0. The first-order valence-corrected chi connectivity index (χ1v) is 5.67. The summed E-state index contributed by atoms with van der Waals surface area (Å²) >= 11 is 0. The fourth-order valence-electron chi connectivity index (χ4n) is 1.84. The molecule has 0 unspecified atom stereocenters. The van der Waals surface area contributed by atoms with Gasteiger partial charge in [-0.05, 0) is 20.8 Å². The van der Waals surface area contributed by atoms with Crippen LogP contribution in [0.5, 0.6) is 0 Å². The Balaban J connectivity index is 3.09. The summed E-state index contributed by atoms with van der Waals surface area (Å²) < 4.78 is 0. The van der Waals surface area contributed by atoms with Crippen molar-refractivity contribution in [2.24, 2.45) is 10.4 Å². The van der Waals surface area contributed by atoms with Gasteiger partial charge in [-0.1, -0.05) is 27.4 Å². The van der Waals surface area contributed by atoms with Crippen LogP contribution in [0.4, 0.5) is 0 Å². The molecule has 2 nitrogen and oxygen atoms in total. The molecule has 0 amide bonds. The Morgan fingerprint density at radius 2 is 1.67 bits per heavy atom. The number of amidine groups is 1. The van der Waals surface area contributed by atoms with Crippen molar-refractivity contribution in [3.8, 4) is 0 Å². The van der Waals surface area contributed by atoms with E-state index < -0.39 is 0 Å². The third kappa shape index (κ3) is 2.83. The van der Waals surface area contributed by atoms with Crippen molar-refractivity contribution in [2.75, 3.05) is 6.54 Å². The van der Waals surface area contributed by atoms with Crippen molar-refractivity contribution in [3.05, 3.63) is 12.3 Å². The molecule has 0 saturated heterocycles. The first-order chi connectivity index (χ1) is 6.62. The molecule has 0 aromatic heterocycles. The molecule has 0 aromatic rings. The molecule has 0 saturated carbocycles. The van der Waals surface area contributed by atoms with E-state index in [2.05, 4.69) is 58.0 Å². The van der Waals surface area contributed by atoms with Gasteiger partial charge in [0.15, 0.2) is 0 Å². The SMILES string of the molecule is C=C1CCN(C(C)(C)C)C(C(C)(C)C)=N1. The van der Waals surface area contributed by atoms with Gasteiger partial charge in [0.2, 0.25) is 0 Å². The van der Waals surface area contributed by atoms with E-state index in [1.54, 1.807) is 0 Å². The summed E-state index contributed by atoms with van der Waals surface area (Å²) in [6.07, 6.45) is 0.983. The van der Waals surface area contributed by atoms with E-state index in [0.29, 0.717) is 0 Å². The largest absolute Gasteiger partial charge is 0.354 e. The summed E-state index contributed by atoms with van der Waals surface area (Å²) in [4.78, 5) is 7.05. The number of hydrogen-bond donors (Lipinski definition) is 0. The van der Waals surface area contributed by atoms with Crippen LogP contribution >= 0.6 is 0 Å². The van der Waals surface area contributed by atoms with Gasteiger partial charge in [-0.15, -0.1) is 0 Å². The predicted octanol–water partition coefficient (Wildman–Crippen LogP) is 3.45. The van der Waals surface area contributed by atoms with Gasteiger partial charge in [-0.3, -0.25) is 0 Å². The lowest BCUT2D eigenvalue weighted by Crippen LogP contribution is -2.52. The molecule has 0 aliphatic carbocycles. The quantitative estimate of drug-likeness (QED) is 0.595. The van der Waals surface area contributed by atoms with E-state index in [1.165, 1.54) is 5.84 Å². The second-order valence-electron chi connectivity index (χ2n) is 6.32. The van der Waals surface area contributed by atoms with E-state index in [1.807, 2.05) is 0 Å². The third-order valence-electron chi connectivity index (χ3n) is 2.62. The molecule has 15 heavy (non-hydrogen) atoms. The Bertz CT molecular complexity index is 287. The third-order valence-corrected chi connectivity index (χ3v) is 2.62. The molecule has 86 valence electrons. The van der Waals surface area contributed by atoms with Gasteiger partial charge in [0.25, 0.3) is 0 Å². The molecule has 0 fully saturated rings. The fraction of sp³-hybridized carbons (Fsp3) is 0.769. The molecule has 0 spiro atoms. The minimum Gasteiger partial charge on any atom is -0.354 e. The highest BCUT2D eigenvalue weighted by Gasteiger charge is 2.33. The van der Waals surface area contributed by atoms with Crippen molar-refractivity contribution in [1.29, 1.82) is 0 Å². The summed E-state index contributed by atoms with van der Waals surface area (Å²) in [6.45, 7) is 18.4. The molecule has 1 rings (SSSR count). The number of aliphatic imine (C=N–C) groups is 1. The molecular formula is C13H24N2. The zero-order chi connectivity index (χ0) is 11.9. The molecule has 0 aromatic carbocycles. The lowest BCUT2D eigenvalue weighted by Gasteiger charge is -2.45. The minimum absolute atomic E-state index is 0.0939. The standard InChI is InChI=1S/C13H24N2/c1-10-8-9-15(13(5,6)7)11(14-10)12(2,3)4/h1,8-9H2,2-7H3. The van der Waals surface area contributed by atoms with Crippen molar-refractivity contribution in [3.63, 3.8) is 0 Å². The van der Waals surface area contributed by atoms with Crippen LogP contribution < -0.4 is 0 Å². The maximum atomic E-state index is 4.65. The van der Waals surface area contributed by atoms with E-state index in [9.17, 15) is 0 Å². The van der Waals surface area contributed by atoms with E-state index in [-0.39, 0.29) is 11.0 Å². The predicted molar refractivity (Wildman–Crippen MR) is 67.1 cm³/mol. The summed E-state index contributed by atoms with van der Waals surface area (Å²) in [5.74, 6) is 1.17. The maximum absolute atomic E-state index is 4.65. The molecule has 0 bridgehead atoms. The molecule has 0 radical (unpaired) electrons. The molecule has 1 aliphatic heterocycles. The topological polar surface area (TPSA) is 15.6 Å². The van der Waals surface area contributed by atoms with Gasteiger partial charge in [0.05, 0.1) is 0 Å². The minimum atomic E-state index is 0.0939. The Hall–Kier alpha value is -0.790. The van der Waals surface area contributed by atoms with Crippen molar-refractivity contribution >= 4 is 5.84 Å². The smallest absolute Gasteiger partial charge is 0.110 e. The van der Waals surface area contributed by atoms with Crippen molar-refractivity contribution in [1.82, 2.24) is 4.90 Å². The lowest BCUT2D eigenvalue weighted by molar-refractivity contribution is 0.212. The Kier molecular flexibility index (Phi) is 2.99. The van der Waals surface area contributed by atoms with Gasteiger partial charge in [0, 0.05) is 29.6 Å². The average molecular weight is 208 g/mol. The highest BCUT2D eigenvalue weighted by molar-refractivity contribution is 5.89. The summed E-state index contributed by atoms with van der Waals surface area (Å²) in [5, 5.41) is 0. The normalized spacial score (nSPS) is 19.2. The van der Waals surface area contributed by atoms with Gasteiger partial charge >= 0.3 is 0 Å². The van der Waals surface area contributed by atoms with E-state index in [0.717, 1.165) is 18.7 Å². The second kappa shape index (κ2) is 3.66. The van der Waals surface area contributed by atoms with Crippen LogP contribution in [0.25, 0.3) is 0 Å². The molecule has 1 aliphatic rings. The molecule has 2 heteroatoms. The average Bonchev–Trinajstić information content (AvgIpc) is 2.00. The molecule has 0 atom stereocenters.